The molecule has 0 bridgehead atoms. The van der Waals surface area contributed by atoms with E-state index in [1.54, 1.807) is 36.4 Å². The third-order valence-corrected chi connectivity index (χ3v) is 4.77. The normalized spacial score (nSPS) is 15.2. The third-order valence-electron chi connectivity index (χ3n) is 4.54. The van der Waals surface area contributed by atoms with Gasteiger partial charge in [0.1, 0.15) is 12.2 Å². The van der Waals surface area contributed by atoms with Gasteiger partial charge in [-0.15, -0.1) is 0 Å². The molecule has 1 atom stereocenters. The van der Waals surface area contributed by atoms with Crippen molar-refractivity contribution in [1.82, 2.24) is 5.32 Å². The minimum Gasteiger partial charge on any atom is -0.493 e. The molecule has 28 heavy (non-hydrogen) atoms. The first-order valence-corrected chi connectivity index (χ1v) is 8.90. The van der Waals surface area contributed by atoms with Crippen molar-refractivity contribution in [1.29, 1.82) is 0 Å². The molecule has 0 radical (unpaired) electrons. The third kappa shape index (κ3) is 2.92. The van der Waals surface area contributed by atoms with Crippen LogP contribution in [0.5, 0.6) is 11.5 Å². The fourth-order valence-electron chi connectivity index (χ4n) is 3.26. The highest BCUT2D eigenvalue weighted by Crippen LogP contribution is 2.36. The second-order valence-corrected chi connectivity index (χ2v) is 6.67. The first kappa shape index (κ1) is 18.1. The maximum absolute atomic E-state index is 13.1. The maximum Gasteiger partial charge on any atom is 0.288 e. The van der Waals surface area contributed by atoms with Crippen LogP contribution in [0.25, 0.3) is 11.0 Å². The van der Waals surface area contributed by atoms with Gasteiger partial charge >= 0.3 is 0 Å². The van der Waals surface area contributed by atoms with E-state index >= 15 is 0 Å². The topological polar surface area (TPSA) is 77.8 Å². The van der Waals surface area contributed by atoms with Gasteiger partial charge in [0.25, 0.3) is 5.91 Å². The molecule has 0 fully saturated rings. The van der Waals surface area contributed by atoms with Gasteiger partial charge in [0.15, 0.2) is 16.9 Å². The lowest BCUT2D eigenvalue weighted by atomic mass is 9.99. The molecule has 1 aromatic heterocycles. The number of benzene rings is 2. The number of hydrogen-bond acceptors (Lipinski definition) is 5. The molecule has 2 heterocycles. The van der Waals surface area contributed by atoms with Crippen LogP contribution in [-0.2, 0) is 0 Å². The Labute approximate surface area is 165 Å². The highest BCUT2D eigenvalue weighted by Gasteiger charge is 2.36. The summed E-state index contributed by atoms with van der Waals surface area (Å²) < 4.78 is 16.6. The first-order valence-electron chi connectivity index (χ1n) is 8.52. The average Bonchev–Trinajstić information content (AvgIpc) is 3.03. The number of ether oxygens (including phenoxy) is 2. The summed E-state index contributed by atoms with van der Waals surface area (Å²) in [5, 5.41) is 3.54. The minimum atomic E-state index is -0.663. The molecule has 1 aliphatic heterocycles. The molecule has 1 amide bonds. The molecule has 0 saturated heterocycles. The van der Waals surface area contributed by atoms with Gasteiger partial charge in [-0.05, 0) is 35.9 Å². The number of methoxy groups -OCH3 is 1. The molecule has 0 spiro atoms. The molecule has 3 aromatic rings. The Morgan fingerprint density at radius 2 is 2.04 bits per heavy atom. The lowest BCUT2D eigenvalue weighted by molar-refractivity contribution is 0.0938. The van der Waals surface area contributed by atoms with Gasteiger partial charge in [-0.1, -0.05) is 30.3 Å². The van der Waals surface area contributed by atoms with Crippen molar-refractivity contribution in [2.24, 2.45) is 0 Å². The van der Waals surface area contributed by atoms with Gasteiger partial charge in [0.2, 0.25) is 5.76 Å². The number of halogens is 1. The summed E-state index contributed by atoms with van der Waals surface area (Å²) in [6.45, 7) is 3.95. The predicted octanol–water partition coefficient (Wildman–Crippen LogP) is 3.85. The molecule has 7 heteroatoms. The molecule has 0 aliphatic carbocycles. The van der Waals surface area contributed by atoms with Crippen molar-refractivity contribution < 1.29 is 18.7 Å². The Kier molecular flexibility index (Phi) is 4.57. The van der Waals surface area contributed by atoms with E-state index in [2.05, 4.69) is 11.9 Å². The molecular formula is C21H16ClNO5. The average molecular weight is 398 g/mol. The standard InChI is InChI=1S/C21H16ClNO5/c1-3-8-27-15-6-4-11(9-16(15)26-2)18-17-19(24)13-10-12(22)5-7-14(13)28-20(17)21(25)23-18/h3-7,9-10,18H,1,8H2,2H3,(H,23,25). The SMILES string of the molecule is C=CCOc1ccc(C2NC(=O)c3oc4ccc(Cl)cc4c(=O)c32)cc1OC. The van der Waals surface area contributed by atoms with E-state index in [0.717, 1.165) is 0 Å². The summed E-state index contributed by atoms with van der Waals surface area (Å²) in [6.07, 6.45) is 1.63. The summed E-state index contributed by atoms with van der Waals surface area (Å²) in [4.78, 5) is 25.5. The maximum atomic E-state index is 13.1. The van der Waals surface area contributed by atoms with Crippen LogP contribution in [0.1, 0.15) is 27.7 Å². The molecule has 0 saturated carbocycles. The summed E-state index contributed by atoms with van der Waals surface area (Å²) in [5.41, 5.74) is 0.938. The zero-order valence-corrected chi connectivity index (χ0v) is 15.7. The Morgan fingerprint density at radius 3 is 2.79 bits per heavy atom. The highest BCUT2D eigenvalue weighted by molar-refractivity contribution is 6.31. The molecule has 4 rings (SSSR count). The van der Waals surface area contributed by atoms with E-state index in [1.165, 1.54) is 13.2 Å². The number of nitrogens with one attached hydrogen (secondary N) is 1. The van der Waals surface area contributed by atoms with Gasteiger partial charge in [0, 0.05) is 5.02 Å². The lowest BCUT2D eigenvalue weighted by Crippen LogP contribution is -2.22. The van der Waals surface area contributed by atoms with Gasteiger partial charge < -0.3 is 19.2 Å². The quantitative estimate of drug-likeness (QED) is 0.661. The molecular weight excluding hydrogens is 382 g/mol. The van der Waals surface area contributed by atoms with Gasteiger partial charge in [-0.3, -0.25) is 9.59 Å². The van der Waals surface area contributed by atoms with E-state index in [-0.39, 0.29) is 16.8 Å². The number of carbonyl (C=O) groups is 1. The number of rotatable bonds is 5. The Morgan fingerprint density at radius 1 is 1.21 bits per heavy atom. The smallest absolute Gasteiger partial charge is 0.288 e. The summed E-state index contributed by atoms with van der Waals surface area (Å²) >= 11 is 6.02. The number of fused-ring (bicyclic) bond motifs is 2. The number of amides is 1. The second kappa shape index (κ2) is 7.05. The number of carbonyl (C=O) groups excluding carboxylic acids is 1. The summed E-state index contributed by atoms with van der Waals surface area (Å²) in [6, 6.07) is 9.27. The fraction of sp³-hybridized carbons (Fsp3) is 0.143. The van der Waals surface area contributed by atoms with Crippen LogP contribution in [0, 0.1) is 0 Å². The van der Waals surface area contributed by atoms with E-state index in [1.807, 2.05) is 0 Å². The Hall–Kier alpha value is -3.25. The van der Waals surface area contributed by atoms with Crippen LogP contribution >= 0.6 is 11.6 Å². The lowest BCUT2D eigenvalue weighted by Gasteiger charge is -2.15. The van der Waals surface area contributed by atoms with E-state index < -0.39 is 11.9 Å². The first-order chi connectivity index (χ1) is 13.5. The fourth-order valence-corrected chi connectivity index (χ4v) is 3.44. The van der Waals surface area contributed by atoms with Crippen LogP contribution in [0.3, 0.4) is 0 Å². The molecule has 1 aliphatic rings. The van der Waals surface area contributed by atoms with Crippen molar-refractivity contribution >= 4 is 28.5 Å². The van der Waals surface area contributed by atoms with Crippen LogP contribution in [0.4, 0.5) is 0 Å². The van der Waals surface area contributed by atoms with Crippen LogP contribution < -0.4 is 20.2 Å². The predicted molar refractivity (Wildman–Crippen MR) is 105 cm³/mol. The Bertz CT molecular complexity index is 1170. The van der Waals surface area contributed by atoms with Crippen LogP contribution in [-0.4, -0.2) is 19.6 Å². The van der Waals surface area contributed by atoms with Crippen molar-refractivity contribution in [3.8, 4) is 11.5 Å². The van der Waals surface area contributed by atoms with E-state index in [0.29, 0.717) is 39.7 Å². The minimum absolute atomic E-state index is 0.00998. The van der Waals surface area contributed by atoms with Crippen LogP contribution in [0.2, 0.25) is 5.02 Å². The molecule has 2 aromatic carbocycles. The highest BCUT2D eigenvalue weighted by atomic mass is 35.5. The van der Waals surface area contributed by atoms with Gasteiger partial charge in [-0.2, -0.15) is 0 Å². The van der Waals surface area contributed by atoms with Crippen molar-refractivity contribution in [3.63, 3.8) is 0 Å². The molecule has 1 unspecified atom stereocenters. The van der Waals surface area contributed by atoms with Gasteiger partial charge in [-0.25, -0.2) is 0 Å². The van der Waals surface area contributed by atoms with Crippen molar-refractivity contribution in [2.75, 3.05) is 13.7 Å². The van der Waals surface area contributed by atoms with Crippen molar-refractivity contribution in [2.45, 2.75) is 6.04 Å². The second-order valence-electron chi connectivity index (χ2n) is 6.23. The largest absolute Gasteiger partial charge is 0.493 e. The van der Waals surface area contributed by atoms with E-state index in [9.17, 15) is 9.59 Å². The molecule has 142 valence electrons. The van der Waals surface area contributed by atoms with Gasteiger partial charge in [0.05, 0.1) is 24.1 Å². The van der Waals surface area contributed by atoms with E-state index in [4.69, 9.17) is 25.5 Å². The molecule has 1 N–H and O–H groups in total. The summed E-state index contributed by atoms with van der Waals surface area (Å²) in [5.74, 6) is 0.582. The van der Waals surface area contributed by atoms with Crippen LogP contribution in [0.15, 0.2) is 58.3 Å². The Balaban J connectivity index is 1.85. The monoisotopic (exact) mass is 397 g/mol. The zero-order chi connectivity index (χ0) is 19.8. The molecule has 6 nitrogen and oxygen atoms in total. The number of hydrogen-bond donors (Lipinski definition) is 1. The zero-order valence-electron chi connectivity index (χ0n) is 15.0. The summed E-state index contributed by atoms with van der Waals surface area (Å²) in [7, 11) is 1.52. The van der Waals surface area contributed by atoms with Crippen molar-refractivity contribution in [3.05, 3.63) is 81.2 Å².